The van der Waals surface area contributed by atoms with Crippen LogP contribution in [0.5, 0.6) is 0 Å². The van der Waals surface area contributed by atoms with Gasteiger partial charge in [-0.25, -0.2) is 4.99 Å². The second-order valence-corrected chi connectivity index (χ2v) is 12.9. The molecule has 0 fully saturated rings. The largest absolute Gasteiger partial charge is 0.477 e. The molecule has 38 heavy (non-hydrogen) atoms. The average Bonchev–Trinajstić information content (AvgIpc) is 3.31. The molecule has 6 heteroatoms. The van der Waals surface area contributed by atoms with Crippen LogP contribution in [0.4, 0.5) is 0 Å². The van der Waals surface area contributed by atoms with E-state index < -0.39 is 13.8 Å². The molecule has 5 nitrogen and oxygen atoms in total. The summed E-state index contributed by atoms with van der Waals surface area (Å²) < 4.78 is 26.0. The van der Waals surface area contributed by atoms with Gasteiger partial charge in [-0.05, 0) is 77.9 Å². The van der Waals surface area contributed by atoms with Gasteiger partial charge in [0.05, 0.1) is 6.04 Å². The Morgan fingerprint density at radius 1 is 0.789 bits per heavy atom. The number of benzene rings is 4. The molecule has 1 atom stereocenters. The van der Waals surface area contributed by atoms with Gasteiger partial charge in [0.2, 0.25) is 5.90 Å². The lowest BCUT2D eigenvalue weighted by Gasteiger charge is -2.22. The predicted molar refractivity (Wildman–Crippen MR) is 158 cm³/mol. The summed E-state index contributed by atoms with van der Waals surface area (Å²) in [7, 11) is -1.82. The Morgan fingerprint density at radius 3 is 1.76 bits per heavy atom. The van der Waals surface area contributed by atoms with Crippen molar-refractivity contribution in [2.75, 3.05) is 6.61 Å². The van der Waals surface area contributed by atoms with Gasteiger partial charge in [0.15, 0.2) is 5.60 Å². The smallest absolute Gasteiger partial charge is 0.388 e. The number of ether oxygens (including phenoxy) is 1. The van der Waals surface area contributed by atoms with Crippen LogP contribution in [0.25, 0.3) is 43.5 Å². The lowest BCUT2D eigenvalue weighted by molar-refractivity contribution is 0.177. The van der Waals surface area contributed by atoms with Crippen molar-refractivity contribution in [1.82, 2.24) is 0 Å². The fraction of sp³-hybridized carbons (Fsp3) is 0.344. The molecule has 0 N–H and O–H groups in total. The van der Waals surface area contributed by atoms with Crippen molar-refractivity contribution in [3.05, 3.63) is 71.8 Å². The lowest BCUT2D eigenvalue weighted by atomic mass is 9.88. The Morgan fingerprint density at radius 2 is 1.29 bits per heavy atom. The third kappa shape index (κ3) is 4.19. The first-order valence-corrected chi connectivity index (χ1v) is 14.2. The maximum atomic E-state index is 6.68. The molecule has 1 aliphatic rings. The van der Waals surface area contributed by atoms with E-state index in [1.54, 1.807) is 0 Å². The molecule has 5 aromatic rings. The molecule has 0 aliphatic carbocycles. The number of aryl methyl sites for hydroxylation is 2. The van der Waals surface area contributed by atoms with E-state index in [2.05, 4.69) is 95.3 Å². The summed E-state index contributed by atoms with van der Waals surface area (Å²) in [6, 6.07) is 21.3. The van der Waals surface area contributed by atoms with Crippen LogP contribution in [-0.4, -0.2) is 24.1 Å². The summed E-state index contributed by atoms with van der Waals surface area (Å²) in [5.41, 5.74) is 2.84. The summed E-state index contributed by atoms with van der Waals surface area (Å²) in [6.45, 7) is 15.2. The molecule has 2 heterocycles. The highest BCUT2D eigenvalue weighted by molar-refractivity contribution is 7.32. The number of aliphatic imine (C=N–C) groups is 1. The van der Waals surface area contributed by atoms with E-state index in [-0.39, 0.29) is 11.5 Å². The van der Waals surface area contributed by atoms with Crippen LogP contribution in [0.15, 0.2) is 74.0 Å². The highest BCUT2D eigenvalue weighted by Gasteiger charge is 2.39. The van der Waals surface area contributed by atoms with Crippen LogP contribution >= 0.6 is 8.24 Å². The molecule has 1 aliphatic heterocycles. The normalized spacial score (nSPS) is 16.4. The van der Waals surface area contributed by atoms with E-state index in [0.29, 0.717) is 12.5 Å². The van der Waals surface area contributed by atoms with Gasteiger partial charge in [0.25, 0.3) is 0 Å². The third-order valence-corrected chi connectivity index (χ3v) is 8.69. The first-order chi connectivity index (χ1) is 18.0. The van der Waals surface area contributed by atoms with Gasteiger partial charge in [0, 0.05) is 10.8 Å². The van der Waals surface area contributed by atoms with Crippen molar-refractivity contribution in [2.45, 2.75) is 60.1 Å². The van der Waals surface area contributed by atoms with E-state index in [1.807, 2.05) is 13.8 Å². The SMILES string of the molecule is Cc1cc2ccccc2c2c1op(OC(C)(C)C1=N[C@@H](C(C)(C)C)CO1)oc1c(C)cc3ccccc3c12. The fourth-order valence-corrected chi connectivity index (χ4v) is 6.58. The van der Waals surface area contributed by atoms with Gasteiger partial charge in [-0.1, -0.05) is 69.3 Å². The first kappa shape index (κ1) is 25.0. The average molecular weight is 528 g/mol. The maximum absolute atomic E-state index is 6.68. The van der Waals surface area contributed by atoms with Gasteiger partial charge in [-0.3, -0.25) is 4.52 Å². The molecular weight excluding hydrogens is 493 g/mol. The number of hydrogen-bond donors (Lipinski definition) is 0. The van der Waals surface area contributed by atoms with Crippen molar-refractivity contribution >= 4 is 57.6 Å². The van der Waals surface area contributed by atoms with Crippen LogP contribution in [0.2, 0.25) is 0 Å². The molecule has 0 spiro atoms. The van der Waals surface area contributed by atoms with Gasteiger partial charge in [-0.2, -0.15) is 0 Å². The maximum Gasteiger partial charge on any atom is 0.388 e. The summed E-state index contributed by atoms with van der Waals surface area (Å²) in [4.78, 5) is 4.89. The number of nitrogens with zero attached hydrogens (tertiary/aromatic N) is 1. The number of rotatable bonds is 3. The Balaban J connectivity index is 1.67. The van der Waals surface area contributed by atoms with Gasteiger partial charge in [-0.15, -0.1) is 0 Å². The van der Waals surface area contributed by atoms with Gasteiger partial charge >= 0.3 is 8.24 Å². The van der Waals surface area contributed by atoms with Crippen LogP contribution in [0.3, 0.4) is 0 Å². The Bertz CT molecular complexity index is 1690. The zero-order valence-electron chi connectivity index (χ0n) is 23.1. The summed E-state index contributed by atoms with van der Waals surface area (Å²) in [5.74, 6) is 0.585. The van der Waals surface area contributed by atoms with Crippen molar-refractivity contribution in [3.63, 3.8) is 0 Å². The van der Waals surface area contributed by atoms with E-state index in [0.717, 1.165) is 43.8 Å². The second-order valence-electron chi connectivity index (χ2n) is 11.9. The number of hydrogen-bond acceptors (Lipinski definition) is 5. The Kier molecular flexibility index (Phi) is 5.86. The van der Waals surface area contributed by atoms with Crippen LogP contribution < -0.4 is 4.52 Å². The molecule has 1 aromatic heterocycles. The van der Waals surface area contributed by atoms with Crippen LogP contribution in [0, 0.1) is 19.3 Å². The van der Waals surface area contributed by atoms with Crippen LogP contribution in [0.1, 0.15) is 45.7 Å². The van der Waals surface area contributed by atoms with Gasteiger partial charge in [0.1, 0.15) is 17.8 Å². The highest BCUT2D eigenvalue weighted by atomic mass is 31.1. The van der Waals surface area contributed by atoms with E-state index in [1.165, 1.54) is 10.8 Å². The Hall–Kier alpha value is -3.27. The van der Waals surface area contributed by atoms with E-state index >= 15 is 0 Å². The molecule has 0 saturated carbocycles. The molecule has 0 saturated heterocycles. The monoisotopic (exact) mass is 527 g/mol. The summed E-state index contributed by atoms with van der Waals surface area (Å²) in [6.07, 6.45) is 0. The minimum absolute atomic E-state index is 0.00665. The van der Waals surface area contributed by atoms with Crippen molar-refractivity contribution < 1.29 is 17.7 Å². The van der Waals surface area contributed by atoms with Crippen molar-refractivity contribution in [3.8, 4) is 0 Å². The van der Waals surface area contributed by atoms with Crippen molar-refractivity contribution in [1.29, 1.82) is 0 Å². The molecule has 0 bridgehead atoms. The lowest BCUT2D eigenvalue weighted by Crippen LogP contribution is -2.37. The number of fused-ring (bicyclic) bond motifs is 7. The predicted octanol–water partition coefficient (Wildman–Crippen LogP) is 9.26. The minimum Gasteiger partial charge on any atom is -0.477 e. The fourth-order valence-electron chi connectivity index (χ4n) is 5.25. The van der Waals surface area contributed by atoms with Crippen molar-refractivity contribution in [2.24, 2.45) is 10.4 Å². The molecule has 6 rings (SSSR count). The zero-order chi connectivity index (χ0) is 26.8. The standard InChI is InChI=1S/C32H34NO4P/c1-19-16-21-12-8-10-14-23(21)26-27-24-15-11-9-13-22(24)17-20(2)29(27)36-38(35-28(19)26)37-32(6,7)30-33-25(18-34-30)31(3,4)5/h8-17,25H,18H2,1-7H3/t25-/m1/s1. The quantitative estimate of drug-likeness (QED) is 0.235. The molecule has 196 valence electrons. The minimum atomic E-state index is -1.82. The first-order valence-electron chi connectivity index (χ1n) is 13.1. The summed E-state index contributed by atoms with van der Waals surface area (Å²) in [5, 5.41) is 6.67. The Labute approximate surface area is 224 Å². The van der Waals surface area contributed by atoms with Crippen LogP contribution in [-0.2, 0) is 4.74 Å². The molecule has 0 unspecified atom stereocenters. The third-order valence-electron chi connectivity index (χ3n) is 7.42. The molecule has 4 aromatic carbocycles. The van der Waals surface area contributed by atoms with E-state index in [9.17, 15) is 0 Å². The topological polar surface area (TPSA) is 57.1 Å². The van der Waals surface area contributed by atoms with Gasteiger partial charge < -0.3 is 13.1 Å². The second kappa shape index (κ2) is 8.90. The van der Waals surface area contributed by atoms with E-state index in [4.69, 9.17) is 22.6 Å². The molecule has 0 radical (unpaired) electrons. The molecule has 0 amide bonds. The molecular formula is C32H34NO4P. The zero-order valence-corrected chi connectivity index (χ0v) is 24.0. The highest BCUT2D eigenvalue weighted by Crippen LogP contribution is 2.44. The summed E-state index contributed by atoms with van der Waals surface area (Å²) >= 11 is 0.